The van der Waals surface area contributed by atoms with Crippen LogP contribution in [0.15, 0.2) is 22.9 Å². The molecule has 1 N–H and O–H groups in total. The summed E-state index contributed by atoms with van der Waals surface area (Å²) >= 11 is 3.01. The normalized spacial score (nSPS) is 10.3. The number of halogens is 1. The van der Waals surface area contributed by atoms with Gasteiger partial charge < -0.3 is 5.11 Å². The zero-order chi connectivity index (χ0) is 15.7. The minimum absolute atomic E-state index is 0.0174. The van der Waals surface area contributed by atoms with Crippen LogP contribution in [0.25, 0.3) is 5.82 Å². The topological polar surface area (TPSA) is 154 Å². The molecule has 0 unspecified atom stereocenters. The van der Waals surface area contributed by atoms with Gasteiger partial charge in [-0.25, -0.2) is 14.5 Å². The largest absolute Gasteiger partial charge is 0.476 e. The summed E-state index contributed by atoms with van der Waals surface area (Å²) < 4.78 is 0.987. The molecule has 0 saturated carbocycles. The third-order valence-corrected chi connectivity index (χ3v) is 2.91. The van der Waals surface area contributed by atoms with Crippen molar-refractivity contribution in [1.82, 2.24) is 14.8 Å². The fourth-order valence-corrected chi connectivity index (χ4v) is 1.97. The van der Waals surface area contributed by atoms with Crippen molar-refractivity contribution in [2.45, 2.75) is 0 Å². The highest BCUT2D eigenvalue weighted by Gasteiger charge is 2.26. The molecular formula is C9H4BrN5O6. The number of nitrogens with zero attached hydrogens (tertiary/aromatic N) is 5. The van der Waals surface area contributed by atoms with Crippen molar-refractivity contribution in [1.29, 1.82) is 0 Å². The third kappa shape index (κ3) is 2.69. The van der Waals surface area contributed by atoms with Crippen molar-refractivity contribution in [2.75, 3.05) is 0 Å². The minimum atomic E-state index is -1.57. The van der Waals surface area contributed by atoms with E-state index in [9.17, 15) is 25.0 Å². The first-order valence-electron chi connectivity index (χ1n) is 5.09. The van der Waals surface area contributed by atoms with Crippen LogP contribution in [0.1, 0.15) is 10.5 Å². The Kier molecular flexibility index (Phi) is 3.62. The van der Waals surface area contributed by atoms with Gasteiger partial charge in [0.25, 0.3) is 5.69 Å². The van der Waals surface area contributed by atoms with Crippen LogP contribution in [0.5, 0.6) is 0 Å². The molecule has 0 aliphatic carbocycles. The van der Waals surface area contributed by atoms with Crippen LogP contribution in [0, 0.1) is 20.2 Å². The van der Waals surface area contributed by atoms with Gasteiger partial charge in [-0.05, 0) is 15.9 Å². The van der Waals surface area contributed by atoms with Gasteiger partial charge >= 0.3 is 11.7 Å². The summed E-state index contributed by atoms with van der Waals surface area (Å²) in [6, 6.07) is 1.12. The first kappa shape index (κ1) is 14.5. The Hall–Kier alpha value is -2.89. The van der Waals surface area contributed by atoms with Gasteiger partial charge in [0.05, 0.1) is 14.3 Å². The molecule has 0 atom stereocenters. The predicted octanol–water partition coefficient (Wildman–Crippen LogP) is 1.54. The van der Waals surface area contributed by atoms with Crippen molar-refractivity contribution in [3.8, 4) is 5.82 Å². The molecule has 2 heterocycles. The van der Waals surface area contributed by atoms with Crippen molar-refractivity contribution >= 4 is 33.3 Å². The van der Waals surface area contributed by atoms with Crippen LogP contribution in [-0.2, 0) is 0 Å². The van der Waals surface area contributed by atoms with E-state index in [-0.39, 0.29) is 16.0 Å². The van der Waals surface area contributed by atoms with Gasteiger partial charge in [-0.2, -0.15) is 5.10 Å². The fourth-order valence-electron chi connectivity index (χ4n) is 1.45. The number of hydrogen-bond acceptors (Lipinski definition) is 7. The lowest BCUT2D eigenvalue weighted by atomic mass is 10.4. The molecule has 0 aromatic carbocycles. The Morgan fingerprint density at radius 3 is 2.43 bits per heavy atom. The summed E-state index contributed by atoms with van der Waals surface area (Å²) in [6.45, 7) is 0. The second kappa shape index (κ2) is 5.24. The zero-order valence-electron chi connectivity index (χ0n) is 9.83. The minimum Gasteiger partial charge on any atom is -0.476 e. The van der Waals surface area contributed by atoms with Crippen molar-refractivity contribution in [2.24, 2.45) is 0 Å². The summed E-state index contributed by atoms with van der Waals surface area (Å²) in [5, 5.41) is 33.8. The number of carboxylic acids is 1. The maximum atomic E-state index is 10.9. The quantitative estimate of drug-likeness (QED) is 0.637. The lowest BCUT2D eigenvalue weighted by Crippen LogP contribution is -2.04. The van der Waals surface area contributed by atoms with Crippen LogP contribution < -0.4 is 0 Å². The van der Waals surface area contributed by atoms with E-state index in [2.05, 4.69) is 26.0 Å². The first-order chi connectivity index (χ1) is 9.81. The fraction of sp³-hybridized carbons (Fsp3) is 0. The van der Waals surface area contributed by atoms with Gasteiger partial charge in [0.15, 0.2) is 5.82 Å². The molecule has 0 spiro atoms. The average Bonchev–Trinajstić information content (AvgIpc) is 2.83. The van der Waals surface area contributed by atoms with E-state index >= 15 is 0 Å². The Labute approximate surface area is 123 Å². The van der Waals surface area contributed by atoms with Crippen LogP contribution >= 0.6 is 15.9 Å². The molecule has 2 aromatic rings. The standard InChI is InChI=1S/C9H4BrN5O6/c10-5-1-4(14(18)19)2-11-8(5)13-3-6(15(20)21)7(12-13)9(16)17/h1-3H,(H,16,17). The van der Waals surface area contributed by atoms with Crippen LogP contribution in [-0.4, -0.2) is 35.7 Å². The summed E-state index contributed by atoms with van der Waals surface area (Å²) in [7, 11) is 0. The van der Waals surface area contributed by atoms with E-state index in [1.807, 2.05) is 0 Å². The number of hydrogen-bond donors (Lipinski definition) is 1. The summed E-state index contributed by atoms with van der Waals surface area (Å²) in [5.74, 6) is -1.59. The number of rotatable bonds is 4. The van der Waals surface area contributed by atoms with Crippen LogP contribution in [0.4, 0.5) is 11.4 Å². The summed E-state index contributed by atoms with van der Waals surface area (Å²) in [5.41, 5.74) is -1.77. The highest BCUT2D eigenvalue weighted by atomic mass is 79.9. The molecule has 0 aliphatic heterocycles. The molecule has 0 saturated heterocycles. The Morgan fingerprint density at radius 2 is 2.00 bits per heavy atom. The maximum Gasteiger partial charge on any atom is 0.363 e. The molecule has 0 radical (unpaired) electrons. The summed E-state index contributed by atoms with van der Waals surface area (Å²) in [4.78, 5) is 34.4. The van der Waals surface area contributed by atoms with Gasteiger partial charge in [-0.3, -0.25) is 20.2 Å². The lowest BCUT2D eigenvalue weighted by molar-refractivity contribution is -0.385. The number of pyridine rings is 1. The van der Waals surface area contributed by atoms with E-state index in [0.29, 0.717) is 0 Å². The first-order valence-corrected chi connectivity index (χ1v) is 5.88. The van der Waals surface area contributed by atoms with E-state index in [4.69, 9.17) is 5.11 Å². The van der Waals surface area contributed by atoms with E-state index < -0.39 is 27.2 Å². The molecule has 108 valence electrons. The monoisotopic (exact) mass is 357 g/mol. The molecule has 0 fully saturated rings. The number of carbonyl (C=O) groups is 1. The van der Waals surface area contributed by atoms with Gasteiger partial charge in [0, 0.05) is 6.07 Å². The van der Waals surface area contributed by atoms with Crippen molar-refractivity contribution < 1.29 is 19.7 Å². The molecule has 0 amide bonds. The predicted molar refractivity (Wildman–Crippen MR) is 69.3 cm³/mol. The third-order valence-electron chi connectivity index (χ3n) is 2.33. The number of carboxylic acid groups (broad SMARTS) is 1. The molecule has 2 rings (SSSR count). The van der Waals surface area contributed by atoms with Crippen molar-refractivity contribution in [3.05, 3.63) is 48.9 Å². The SMILES string of the molecule is O=C(O)c1nn(-c2ncc([N+](=O)[O-])cc2Br)cc1[N+](=O)[O-]. The zero-order valence-corrected chi connectivity index (χ0v) is 11.4. The van der Waals surface area contributed by atoms with Gasteiger partial charge in [-0.1, -0.05) is 0 Å². The molecule has 11 nitrogen and oxygen atoms in total. The number of aromatic nitrogens is 3. The molecule has 21 heavy (non-hydrogen) atoms. The second-order valence-electron chi connectivity index (χ2n) is 3.63. The Morgan fingerprint density at radius 1 is 1.33 bits per heavy atom. The van der Waals surface area contributed by atoms with Gasteiger partial charge in [0.1, 0.15) is 12.4 Å². The molecule has 0 bridgehead atoms. The Balaban J connectivity index is 2.57. The van der Waals surface area contributed by atoms with E-state index in [1.54, 1.807) is 0 Å². The summed E-state index contributed by atoms with van der Waals surface area (Å²) in [6.07, 6.45) is 1.79. The molecule has 2 aromatic heterocycles. The Bertz CT molecular complexity index is 740. The highest BCUT2D eigenvalue weighted by molar-refractivity contribution is 9.10. The van der Waals surface area contributed by atoms with Gasteiger partial charge in [0.2, 0.25) is 5.69 Å². The van der Waals surface area contributed by atoms with E-state index in [1.165, 1.54) is 0 Å². The van der Waals surface area contributed by atoms with Crippen molar-refractivity contribution in [3.63, 3.8) is 0 Å². The smallest absolute Gasteiger partial charge is 0.363 e. The number of nitro groups is 2. The van der Waals surface area contributed by atoms with Crippen LogP contribution in [0.2, 0.25) is 0 Å². The average molecular weight is 358 g/mol. The molecule has 12 heteroatoms. The molecular weight excluding hydrogens is 354 g/mol. The lowest BCUT2D eigenvalue weighted by Gasteiger charge is -2.01. The number of aromatic carboxylic acids is 1. The van der Waals surface area contributed by atoms with Crippen LogP contribution in [0.3, 0.4) is 0 Å². The van der Waals surface area contributed by atoms with Gasteiger partial charge in [-0.15, -0.1) is 0 Å². The second-order valence-corrected chi connectivity index (χ2v) is 4.48. The molecule has 0 aliphatic rings. The highest BCUT2D eigenvalue weighted by Crippen LogP contribution is 2.26. The maximum absolute atomic E-state index is 10.9. The van der Waals surface area contributed by atoms with E-state index in [0.717, 1.165) is 23.1 Å².